The molecular weight excluding hydrogens is 269 g/mol. The van der Waals surface area contributed by atoms with Crippen molar-refractivity contribution in [2.45, 2.75) is 30.6 Å². The van der Waals surface area contributed by atoms with E-state index in [4.69, 9.17) is 5.11 Å². The van der Waals surface area contributed by atoms with E-state index in [1.165, 1.54) is 4.72 Å². The molecule has 1 heterocycles. The summed E-state index contributed by atoms with van der Waals surface area (Å²) in [5.41, 5.74) is 0. The summed E-state index contributed by atoms with van der Waals surface area (Å²) in [4.78, 5) is 0. The fourth-order valence-corrected chi connectivity index (χ4v) is 1.98. The van der Waals surface area contributed by atoms with E-state index in [2.05, 4.69) is 4.74 Å². The van der Waals surface area contributed by atoms with Crippen LogP contribution in [-0.4, -0.2) is 70.6 Å². The smallest absolute Gasteiger partial charge is 0.735 e. The molecule has 0 radical (unpaired) electrons. The Labute approximate surface area is 120 Å². The molecule has 0 aromatic rings. The molecule has 1 aliphatic rings. The van der Waals surface area contributed by atoms with Gasteiger partial charge in [0.25, 0.3) is 0 Å². The summed E-state index contributed by atoms with van der Waals surface area (Å²) in [5, 5.41) is 36.7. The minimum atomic E-state index is -4.91. The maximum absolute atomic E-state index is 10.4. The van der Waals surface area contributed by atoms with Gasteiger partial charge >= 0.3 is 29.6 Å². The Morgan fingerprint density at radius 3 is 2.18 bits per heavy atom. The Kier molecular flexibility index (Phi) is 6.99. The van der Waals surface area contributed by atoms with Gasteiger partial charge in [-0.2, -0.15) is 0 Å². The van der Waals surface area contributed by atoms with Crippen molar-refractivity contribution >= 4 is 10.3 Å². The van der Waals surface area contributed by atoms with Gasteiger partial charge in [0.15, 0.2) is 16.6 Å². The molecule has 1 saturated heterocycles. The van der Waals surface area contributed by atoms with E-state index in [-0.39, 0.29) is 29.6 Å². The van der Waals surface area contributed by atoms with Crippen molar-refractivity contribution < 1.29 is 67.7 Å². The molecule has 1 aliphatic heterocycles. The third-order valence-corrected chi connectivity index (χ3v) is 2.74. The zero-order valence-electron chi connectivity index (χ0n) is 8.92. The first-order valence-corrected chi connectivity index (χ1v) is 5.70. The van der Waals surface area contributed by atoms with Crippen LogP contribution in [0.4, 0.5) is 0 Å². The van der Waals surface area contributed by atoms with Crippen LogP contribution in [0, 0.1) is 0 Å². The standard InChI is InChI=1S/C6H13NO8S.Na/c8-1-2-4(9)5(10)3(6(11)15-2)7-16(12,13)14;/h2-11H,1H2,(H,12,13,14);/q;+1/p-1/t2-,3-,4+,5-,6?;/m1./s1. The van der Waals surface area contributed by atoms with Gasteiger partial charge in [0.1, 0.15) is 18.3 Å². The summed E-state index contributed by atoms with van der Waals surface area (Å²) in [6, 6.07) is -1.68. The fourth-order valence-electron chi connectivity index (χ4n) is 1.39. The molecule has 1 rings (SSSR count). The fraction of sp³-hybridized carbons (Fsp3) is 1.00. The molecule has 0 aromatic carbocycles. The van der Waals surface area contributed by atoms with E-state index < -0.39 is 47.6 Å². The number of aliphatic hydroxyl groups excluding tert-OH is 4. The summed E-state index contributed by atoms with van der Waals surface area (Å²) in [6.07, 6.45) is -6.46. The summed E-state index contributed by atoms with van der Waals surface area (Å²) >= 11 is 0. The van der Waals surface area contributed by atoms with Crippen molar-refractivity contribution in [2.75, 3.05) is 6.61 Å². The second kappa shape index (κ2) is 6.73. The largest absolute Gasteiger partial charge is 1.00 e. The van der Waals surface area contributed by atoms with Gasteiger partial charge in [0, 0.05) is 0 Å². The summed E-state index contributed by atoms with van der Waals surface area (Å²) < 4.78 is 37.1. The molecule has 11 heteroatoms. The molecule has 96 valence electrons. The number of hydrogen-bond donors (Lipinski definition) is 5. The second-order valence-electron chi connectivity index (χ2n) is 3.33. The average molecular weight is 281 g/mol. The number of ether oxygens (including phenoxy) is 1. The first-order chi connectivity index (χ1) is 7.26. The van der Waals surface area contributed by atoms with Crippen LogP contribution in [0.25, 0.3) is 0 Å². The van der Waals surface area contributed by atoms with Crippen molar-refractivity contribution in [1.29, 1.82) is 0 Å². The Balaban J connectivity index is 0.00000256. The van der Waals surface area contributed by atoms with Crippen molar-refractivity contribution in [3.05, 3.63) is 0 Å². The molecule has 5 N–H and O–H groups in total. The van der Waals surface area contributed by atoms with Crippen molar-refractivity contribution in [2.24, 2.45) is 0 Å². The third-order valence-electron chi connectivity index (χ3n) is 2.18. The van der Waals surface area contributed by atoms with Gasteiger partial charge in [0.05, 0.1) is 12.6 Å². The van der Waals surface area contributed by atoms with Crippen LogP contribution in [0.1, 0.15) is 0 Å². The Morgan fingerprint density at radius 1 is 1.24 bits per heavy atom. The summed E-state index contributed by atoms with van der Waals surface area (Å²) in [7, 11) is -4.91. The minimum Gasteiger partial charge on any atom is -0.735 e. The van der Waals surface area contributed by atoms with E-state index in [0.717, 1.165) is 0 Å². The monoisotopic (exact) mass is 281 g/mol. The van der Waals surface area contributed by atoms with Crippen LogP contribution >= 0.6 is 0 Å². The van der Waals surface area contributed by atoms with Gasteiger partial charge in [-0.25, -0.2) is 13.1 Å². The quantitative estimate of drug-likeness (QED) is 0.252. The molecule has 17 heavy (non-hydrogen) atoms. The maximum atomic E-state index is 10.4. The molecular formula is C6H12NNaO8S. The molecule has 0 aliphatic carbocycles. The number of aliphatic hydroxyl groups is 4. The zero-order valence-corrected chi connectivity index (χ0v) is 11.7. The van der Waals surface area contributed by atoms with E-state index >= 15 is 0 Å². The molecule has 0 bridgehead atoms. The van der Waals surface area contributed by atoms with Gasteiger partial charge in [-0.15, -0.1) is 0 Å². The van der Waals surface area contributed by atoms with Crippen molar-refractivity contribution in [1.82, 2.24) is 4.72 Å². The van der Waals surface area contributed by atoms with E-state index in [1.807, 2.05) is 0 Å². The van der Waals surface area contributed by atoms with Crippen LogP contribution in [0.5, 0.6) is 0 Å². The molecule has 0 saturated carbocycles. The topological polar surface area (TPSA) is 159 Å². The maximum Gasteiger partial charge on any atom is 1.00 e. The SMILES string of the molecule is O=S(=O)([O-])N[C@H]1C(O)O[C@H](CO)[C@H](O)[C@@H]1O.[Na+]. The van der Waals surface area contributed by atoms with Crippen LogP contribution in [0.2, 0.25) is 0 Å². The molecule has 5 atom stereocenters. The van der Waals surface area contributed by atoms with Crippen LogP contribution in [0.15, 0.2) is 0 Å². The minimum absolute atomic E-state index is 0. The predicted molar refractivity (Wildman–Crippen MR) is 46.6 cm³/mol. The summed E-state index contributed by atoms with van der Waals surface area (Å²) in [6.45, 7) is -0.674. The normalized spacial score (nSPS) is 38.5. The number of rotatable bonds is 3. The second-order valence-corrected chi connectivity index (χ2v) is 4.47. The molecule has 1 unspecified atom stereocenters. The van der Waals surface area contributed by atoms with Gasteiger partial charge in [-0.3, -0.25) is 0 Å². The first kappa shape index (κ1) is 17.7. The molecule has 0 amide bonds. The first-order valence-electron chi connectivity index (χ1n) is 4.30. The molecule has 0 aromatic heterocycles. The van der Waals surface area contributed by atoms with E-state index in [9.17, 15) is 28.3 Å². The number of nitrogens with one attached hydrogen (secondary N) is 1. The Hall–Kier alpha value is 0.670. The molecule has 9 nitrogen and oxygen atoms in total. The van der Waals surface area contributed by atoms with Crippen molar-refractivity contribution in [3.63, 3.8) is 0 Å². The van der Waals surface area contributed by atoms with Crippen LogP contribution in [-0.2, 0) is 15.0 Å². The number of hydrogen-bond acceptors (Lipinski definition) is 8. The predicted octanol–water partition coefficient (Wildman–Crippen LogP) is -7.16. The molecule has 1 fully saturated rings. The third kappa shape index (κ3) is 4.69. The van der Waals surface area contributed by atoms with Crippen LogP contribution in [0.3, 0.4) is 0 Å². The van der Waals surface area contributed by atoms with Gasteiger partial charge in [-0.05, 0) is 0 Å². The Bertz CT molecular complexity index is 337. The average Bonchev–Trinajstić information content (AvgIpc) is 2.17. The zero-order chi connectivity index (χ0) is 12.5. The molecule has 0 spiro atoms. The van der Waals surface area contributed by atoms with Crippen LogP contribution < -0.4 is 34.3 Å². The Morgan fingerprint density at radius 2 is 1.76 bits per heavy atom. The summed E-state index contributed by atoms with van der Waals surface area (Å²) in [5.74, 6) is 0. The van der Waals surface area contributed by atoms with E-state index in [1.54, 1.807) is 0 Å². The van der Waals surface area contributed by atoms with Gasteiger partial charge in [-0.1, -0.05) is 0 Å². The van der Waals surface area contributed by atoms with Gasteiger partial charge in [0.2, 0.25) is 0 Å². The van der Waals surface area contributed by atoms with Gasteiger partial charge < -0.3 is 29.7 Å². The van der Waals surface area contributed by atoms with E-state index in [0.29, 0.717) is 0 Å². The van der Waals surface area contributed by atoms with Crippen molar-refractivity contribution in [3.8, 4) is 0 Å².